The Labute approximate surface area is 114 Å². The van der Waals surface area contributed by atoms with E-state index in [4.69, 9.17) is 11.6 Å². The van der Waals surface area contributed by atoms with Gasteiger partial charge in [0.25, 0.3) is 0 Å². The molecule has 0 fully saturated rings. The maximum Gasteiger partial charge on any atom is 0.238 e. The lowest BCUT2D eigenvalue weighted by molar-refractivity contribution is -0.115. The third kappa shape index (κ3) is 6.03. The number of amides is 1. The molecule has 100 valence electrons. The highest BCUT2D eigenvalue weighted by Crippen LogP contribution is 2.19. The molecule has 18 heavy (non-hydrogen) atoms. The van der Waals surface area contributed by atoms with Crippen molar-refractivity contribution in [1.82, 2.24) is 5.32 Å². The number of para-hydroxylation sites is 1. The fraction of sp³-hybridized carbons (Fsp3) is 0.500. The van der Waals surface area contributed by atoms with Crippen LogP contribution >= 0.6 is 11.6 Å². The molecule has 0 unspecified atom stereocenters. The molecule has 0 aliphatic rings. The van der Waals surface area contributed by atoms with Crippen LogP contribution in [-0.2, 0) is 4.79 Å². The first-order valence-electron chi connectivity index (χ1n) is 6.49. The van der Waals surface area contributed by atoms with Crippen LogP contribution in [0.5, 0.6) is 0 Å². The predicted molar refractivity (Wildman–Crippen MR) is 77.1 cm³/mol. The third-order valence-corrected chi connectivity index (χ3v) is 2.97. The third-order valence-electron chi connectivity index (χ3n) is 2.64. The Kier molecular flexibility index (Phi) is 7.46. The summed E-state index contributed by atoms with van der Waals surface area (Å²) in [6.45, 7) is 3.40. The molecule has 0 saturated carbocycles. The van der Waals surface area contributed by atoms with E-state index in [0.717, 1.165) is 13.0 Å². The quantitative estimate of drug-likeness (QED) is 0.709. The highest BCUT2D eigenvalue weighted by atomic mass is 35.5. The molecule has 1 amide bonds. The Morgan fingerprint density at radius 2 is 2.00 bits per heavy atom. The van der Waals surface area contributed by atoms with E-state index >= 15 is 0 Å². The average molecular weight is 269 g/mol. The zero-order valence-electron chi connectivity index (χ0n) is 10.8. The molecule has 4 heteroatoms. The highest BCUT2D eigenvalue weighted by molar-refractivity contribution is 6.33. The van der Waals surface area contributed by atoms with Crippen LogP contribution in [0.3, 0.4) is 0 Å². The van der Waals surface area contributed by atoms with Gasteiger partial charge in [-0.05, 0) is 25.1 Å². The normalized spacial score (nSPS) is 10.3. The highest BCUT2D eigenvalue weighted by Gasteiger charge is 2.04. The second kappa shape index (κ2) is 8.95. The van der Waals surface area contributed by atoms with Gasteiger partial charge < -0.3 is 10.6 Å². The van der Waals surface area contributed by atoms with E-state index in [9.17, 15) is 4.79 Å². The van der Waals surface area contributed by atoms with Crippen molar-refractivity contribution in [1.29, 1.82) is 0 Å². The van der Waals surface area contributed by atoms with Crippen molar-refractivity contribution in [2.45, 2.75) is 32.6 Å². The van der Waals surface area contributed by atoms with Crippen molar-refractivity contribution in [3.8, 4) is 0 Å². The minimum absolute atomic E-state index is 0.0569. The summed E-state index contributed by atoms with van der Waals surface area (Å²) in [5.41, 5.74) is 0.664. The first kappa shape index (κ1) is 15.0. The van der Waals surface area contributed by atoms with Crippen molar-refractivity contribution in [3.63, 3.8) is 0 Å². The van der Waals surface area contributed by atoms with E-state index in [-0.39, 0.29) is 5.91 Å². The predicted octanol–water partition coefficient (Wildman–Crippen LogP) is 3.45. The van der Waals surface area contributed by atoms with Gasteiger partial charge in [-0.2, -0.15) is 0 Å². The second-order valence-electron chi connectivity index (χ2n) is 4.27. The Bertz CT molecular complexity index is 369. The smallest absolute Gasteiger partial charge is 0.238 e. The minimum Gasteiger partial charge on any atom is -0.324 e. The molecule has 1 aromatic rings. The summed E-state index contributed by atoms with van der Waals surface area (Å²) in [5, 5.41) is 6.47. The molecule has 2 N–H and O–H groups in total. The van der Waals surface area contributed by atoms with Crippen LogP contribution in [0.15, 0.2) is 24.3 Å². The maximum atomic E-state index is 11.6. The molecule has 0 heterocycles. The van der Waals surface area contributed by atoms with Gasteiger partial charge in [-0.3, -0.25) is 4.79 Å². The van der Waals surface area contributed by atoms with Gasteiger partial charge in [-0.25, -0.2) is 0 Å². The zero-order valence-corrected chi connectivity index (χ0v) is 11.6. The van der Waals surface area contributed by atoms with Crippen LogP contribution in [0, 0.1) is 0 Å². The summed E-state index contributed by atoms with van der Waals surface area (Å²) in [7, 11) is 0. The van der Waals surface area contributed by atoms with Gasteiger partial charge in [0.2, 0.25) is 5.91 Å². The topological polar surface area (TPSA) is 41.1 Å². The number of rotatable bonds is 8. The first-order chi connectivity index (χ1) is 8.74. The number of carbonyl (C=O) groups excluding carboxylic acids is 1. The summed E-state index contributed by atoms with van der Waals surface area (Å²) in [6.07, 6.45) is 4.82. The number of carbonyl (C=O) groups is 1. The number of hydrogen-bond donors (Lipinski definition) is 2. The number of hydrogen-bond acceptors (Lipinski definition) is 2. The number of benzene rings is 1. The number of nitrogens with one attached hydrogen (secondary N) is 2. The molecule has 3 nitrogen and oxygen atoms in total. The molecular formula is C14H21ClN2O. The van der Waals surface area contributed by atoms with Crippen LogP contribution in [0.2, 0.25) is 5.02 Å². The minimum atomic E-state index is -0.0569. The van der Waals surface area contributed by atoms with Crippen LogP contribution in [0.25, 0.3) is 0 Å². The van der Waals surface area contributed by atoms with Crippen molar-refractivity contribution in [2.75, 3.05) is 18.4 Å². The fourth-order valence-electron chi connectivity index (χ4n) is 1.64. The molecule has 0 aliphatic carbocycles. The van der Waals surface area contributed by atoms with Crippen molar-refractivity contribution < 1.29 is 4.79 Å². The van der Waals surface area contributed by atoms with E-state index in [0.29, 0.717) is 17.3 Å². The van der Waals surface area contributed by atoms with Gasteiger partial charge in [-0.1, -0.05) is 49.9 Å². The van der Waals surface area contributed by atoms with E-state index in [2.05, 4.69) is 17.6 Å². The van der Waals surface area contributed by atoms with Crippen molar-refractivity contribution in [2.24, 2.45) is 0 Å². The van der Waals surface area contributed by atoms with E-state index in [1.807, 2.05) is 12.1 Å². The van der Waals surface area contributed by atoms with Crippen LogP contribution in [-0.4, -0.2) is 19.0 Å². The SMILES string of the molecule is CCCCCCNCC(=O)Nc1ccccc1Cl. The summed E-state index contributed by atoms with van der Waals surface area (Å²) in [6, 6.07) is 7.24. The van der Waals surface area contributed by atoms with Gasteiger partial charge in [0, 0.05) is 0 Å². The summed E-state index contributed by atoms with van der Waals surface area (Å²) < 4.78 is 0. The van der Waals surface area contributed by atoms with Gasteiger partial charge in [0.1, 0.15) is 0 Å². The summed E-state index contributed by atoms with van der Waals surface area (Å²) >= 11 is 5.95. The summed E-state index contributed by atoms with van der Waals surface area (Å²) in [5.74, 6) is -0.0569. The molecule has 0 bridgehead atoms. The van der Waals surface area contributed by atoms with Gasteiger partial charge in [-0.15, -0.1) is 0 Å². The number of halogens is 1. The lowest BCUT2D eigenvalue weighted by atomic mass is 10.2. The molecule has 0 spiro atoms. The fourth-order valence-corrected chi connectivity index (χ4v) is 1.82. The lowest BCUT2D eigenvalue weighted by Crippen LogP contribution is -2.28. The molecule has 1 rings (SSSR count). The molecular weight excluding hydrogens is 248 g/mol. The van der Waals surface area contributed by atoms with Crippen LogP contribution in [0.4, 0.5) is 5.69 Å². The zero-order chi connectivity index (χ0) is 13.2. The number of unbranched alkanes of at least 4 members (excludes halogenated alkanes) is 3. The van der Waals surface area contributed by atoms with E-state index < -0.39 is 0 Å². The second-order valence-corrected chi connectivity index (χ2v) is 4.67. The van der Waals surface area contributed by atoms with Crippen LogP contribution < -0.4 is 10.6 Å². The van der Waals surface area contributed by atoms with Crippen LogP contribution in [0.1, 0.15) is 32.6 Å². The first-order valence-corrected chi connectivity index (χ1v) is 6.87. The Morgan fingerprint density at radius 1 is 1.22 bits per heavy atom. The Hall–Kier alpha value is -1.06. The van der Waals surface area contributed by atoms with Crippen molar-refractivity contribution in [3.05, 3.63) is 29.3 Å². The summed E-state index contributed by atoms with van der Waals surface area (Å²) in [4.78, 5) is 11.6. The van der Waals surface area contributed by atoms with Gasteiger partial charge in [0.15, 0.2) is 0 Å². The lowest BCUT2D eigenvalue weighted by Gasteiger charge is -2.07. The number of anilines is 1. The molecule has 0 aliphatic heterocycles. The Balaban J connectivity index is 2.16. The average Bonchev–Trinajstić information content (AvgIpc) is 2.36. The van der Waals surface area contributed by atoms with E-state index in [1.54, 1.807) is 12.1 Å². The molecule has 0 atom stereocenters. The molecule has 1 aromatic carbocycles. The van der Waals surface area contributed by atoms with E-state index in [1.165, 1.54) is 19.3 Å². The monoisotopic (exact) mass is 268 g/mol. The molecule has 0 aromatic heterocycles. The largest absolute Gasteiger partial charge is 0.324 e. The van der Waals surface area contributed by atoms with Gasteiger partial charge >= 0.3 is 0 Å². The van der Waals surface area contributed by atoms with Crippen molar-refractivity contribution >= 4 is 23.2 Å². The molecule has 0 saturated heterocycles. The Morgan fingerprint density at radius 3 is 2.72 bits per heavy atom. The molecule has 0 radical (unpaired) electrons. The standard InChI is InChI=1S/C14H21ClN2O/c1-2-3-4-7-10-16-11-14(18)17-13-9-6-5-8-12(13)15/h5-6,8-9,16H,2-4,7,10-11H2,1H3,(H,17,18). The maximum absolute atomic E-state index is 11.6. The van der Waals surface area contributed by atoms with Gasteiger partial charge in [0.05, 0.1) is 17.3 Å².